The molecule has 22 heavy (non-hydrogen) atoms. The number of carbonyl (C=O) groups is 1. The molecule has 0 bridgehead atoms. The van der Waals surface area contributed by atoms with Crippen LogP contribution < -0.4 is 5.73 Å². The number of nitrogen functional groups attached to an aromatic ring is 1. The highest BCUT2D eigenvalue weighted by Crippen LogP contribution is 2.11. The van der Waals surface area contributed by atoms with Gasteiger partial charge in [0.25, 0.3) is 0 Å². The van der Waals surface area contributed by atoms with Gasteiger partial charge < -0.3 is 10.5 Å². The molecule has 0 amide bonds. The minimum absolute atomic E-state index is 0.254. The Kier molecular flexibility index (Phi) is 10.2. The average Bonchev–Trinajstić information content (AvgIpc) is 2.53. The third kappa shape index (κ3) is 8.71. The van der Waals surface area contributed by atoms with Gasteiger partial charge >= 0.3 is 5.97 Å². The van der Waals surface area contributed by atoms with Crippen molar-refractivity contribution >= 4 is 11.7 Å². The molecule has 0 fully saturated rings. The van der Waals surface area contributed by atoms with Gasteiger partial charge in [0.2, 0.25) is 0 Å². The number of hydrogen-bond donors (Lipinski definition) is 1. The normalized spacial score (nSPS) is 10.6. The van der Waals surface area contributed by atoms with E-state index < -0.39 is 0 Å². The van der Waals surface area contributed by atoms with Gasteiger partial charge in [-0.05, 0) is 30.7 Å². The summed E-state index contributed by atoms with van der Waals surface area (Å²) in [6, 6.07) is 6.85. The number of esters is 1. The van der Waals surface area contributed by atoms with E-state index in [4.69, 9.17) is 10.5 Å². The van der Waals surface area contributed by atoms with Gasteiger partial charge in [-0.15, -0.1) is 0 Å². The molecular weight excluding hydrogens is 274 g/mol. The van der Waals surface area contributed by atoms with Gasteiger partial charge in [0, 0.05) is 5.69 Å². The van der Waals surface area contributed by atoms with Crippen molar-refractivity contribution in [3.63, 3.8) is 0 Å². The number of anilines is 1. The zero-order chi connectivity index (χ0) is 16.0. The van der Waals surface area contributed by atoms with Crippen molar-refractivity contribution in [3.8, 4) is 0 Å². The first-order valence-corrected chi connectivity index (χ1v) is 8.76. The molecular formula is C19H31NO2. The minimum Gasteiger partial charge on any atom is -0.462 e. The van der Waals surface area contributed by atoms with Crippen LogP contribution in [0.2, 0.25) is 0 Å². The number of nitrogens with two attached hydrogens (primary N) is 1. The fourth-order valence-electron chi connectivity index (χ4n) is 2.46. The van der Waals surface area contributed by atoms with Gasteiger partial charge in [0.1, 0.15) is 0 Å². The van der Waals surface area contributed by atoms with Crippen molar-refractivity contribution in [2.75, 3.05) is 12.3 Å². The molecule has 0 saturated heterocycles. The Morgan fingerprint density at radius 2 is 1.36 bits per heavy atom. The molecule has 0 heterocycles. The highest BCUT2D eigenvalue weighted by molar-refractivity contribution is 5.89. The topological polar surface area (TPSA) is 52.3 Å². The van der Waals surface area contributed by atoms with Gasteiger partial charge in [-0.3, -0.25) is 0 Å². The number of ether oxygens (including phenoxy) is 1. The Morgan fingerprint density at radius 1 is 0.864 bits per heavy atom. The molecule has 0 spiro atoms. The Balaban J connectivity index is 1.93. The van der Waals surface area contributed by atoms with Crippen LogP contribution in [-0.2, 0) is 4.74 Å². The van der Waals surface area contributed by atoms with Crippen LogP contribution in [0.25, 0.3) is 0 Å². The van der Waals surface area contributed by atoms with Crippen molar-refractivity contribution in [2.24, 2.45) is 0 Å². The molecule has 0 aliphatic rings. The third-order valence-corrected chi connectivity index (χ3v) is 3.88. The maximum atomic E-state index is 11.8. The summed E-state index contributed by atoms with van der Waals surface area (Å²) in [5.41, 5.74) is 6.82. The first-order valence-electron chi connectivity index (χ1n) is 8.76. The standard InChI is InChI=1S/C19H31NO2/c1-2-3-4-5-6-7-8-9-10-11-16-22-19(21)17-12-14-18(20)15-13-17/h12-15H,2-11,16,20H2,1H3. The average molecular weight is 305 g/mol. The Hall–Kier alpha value is -1.51. The van der Waals surface area contributed by atoms with E-state index in [2.05, 4.69) is 6.92 Å². The maximum Gasteiger partial charge on any atom is 0.338 e. The molecule has 3 heteroatoms. The molecule has 0 atom stereocenters. The van der Waals surface area contributed by atoms with Crippen LogP contribution in [0.3, 0.4) is 0 Å². The predicted molar refractivity (Wildman–Crippen MR) is 93.0 cm³/mol. The van der Waals surface area contributed by atoms with E-state index in [1.807, 2.05) is 0 Å². The van der Waals surface area contributed by atoms with E-state index in [-0.39, 0.29) is 5.97 Å². The first-order chi connectivity index (χ1) is 10.7. The molecule has 0 aliphatic carbocycles. The van der Waals surface area contributed by atoms with Crippen LogP contribution in [0.1, 0.15) is 81.5 Å². The molecule has 1 aromatic rings. The van der Waals surface area contributed by atoms with Crippen molar-refractivity contribution in [2.45, 2.75) is 71.1 Å². The summed E-state index contributed by atoms with van der Waals surface area (Å²) in [6.45, 7) is 2.76. The SMILES string of the molecule is CCCCCCCCCCCCOC(=O)c1ccc(N)cc1. The van der Waals surface area contributed by atoms with Crippen molar-refractivity contribution in [3.05, 3.63) is 29.8 Å². The van der Waals surface area contributed by atoms with Crippen molar-refractivity contribution < 1.29 is 9.53 Å². The predicted octanol–water partition coefficient (Wildman–Crippen LogP) is 5.35. The summed E-state index contributed by atoms with van der Waals surface area (Å²) < 4.78 is 5.26. The Morgan fingerprint density at radius 3 is 1.91 bits per heavy atom. The number of rotatable bonds is 12. The zero-order valence-electron chi connectivity index (χ0n) is 14.0. The van der Waals surface area contributed by atoms with Crippen LogP contribution in [0.4, 0.5) is 5.69 Å². The number of benzene rings is 1. The Bertz CT molecular complexity index is 400. The molecule has 2 N–H and O–H groups in total. The number of carbonyl (C=O) groups excluding carboxylic acids is 1. The minimum atomic E-state index is -0.254. The van der Waals surface area contributed by atoms with Crippen LogP contribution in [0.5, 0.6) is 0 Å². The molecule has 1 rings (SSSR count). The van der Waals surface area contributed by atoms with E-state index >= 15 is 0 Å². The third-order valence-electron chi connectivity index (χ3n) is 3.88. The van der Waals surface area contributed by atoms with Gasteiger partial charge in [-0.1, -0.05) is 64.7 Å². The van der Waals surface area contributed by atoms with Crippen LogP contribution in [0, 0.1) is 0 Å². The van der Waals surface area contributed by atoms with Gasteiger partial charge in [0.05, 0.1) is 12.2 Å². The van der Waals surface area contributed by atoms with Gasteiger partial charge in [-0.2, -0.15) is 0 Å². The lowest BCUT2D eigenvalue weighted by Gasteiger charge is -2.05. The van der Waals surface area contributed by atoms with Crippen LogP contribution in [-0.4, -0.2) is 12.6 Å². The fraction of sp³-hybridized carbons (Fsp3) is 0.632. The van der Waals surface area contributed by atoms with E-state index in [1.165, 1.54) is 51.4 Å². The molecule has 0 aliphatic heterocycles. The first kappa shape index (κ1) is 18.5. The fourth-order valence-corrected chi connectivity index (χ4v) is 2.46. The largest absolute Gasteiger partial charge is 0.462 e. The lowest BCUT2D eigenvalue weighted by atomic mass is 10.1. The number of unbranched alkanes of at least 4 members (excludes halogenated alkanes) is 9. The van der Waals surface area contributed by atoms with Gasteiger partial charge in [0.15, 0.2) is 0 Å². The van der Waals surface area contributed by atoms with E-state index in [1.54, 1.807) is 24.3 Å². The van der Waals surface area contributed by atoms with E-state index in [0.29, 0.717) is 17.9 Å². The lowest BCUT2D eigenvalue weighted by Crippen LogP contribution is -2.06. The molecule has 3 nitrogen and oxygen atoms in total. The molecule has 1 aromatic carbocycles. The molecule has 0 unspecified atom stereocenters. The number of hydrogen-bond acceptors (Lipinski definition) is 3. The summed E-state index contributed by atoms with van der Waals surface area (Å²) in [5, 5.41) is 0. The summed E-state index contributed by atoms with van der Waals surface area (Å²) in [5.74, 6) is -0.254. The summed E-state index contributed by atoms with van der Waals surface area (Å²) in [4.78, 5) is 11.8. The molecule has 0 radical (unpaired) electrons. The second kappa shape index (κ2) is 12.1. The van der Waals surface area contributed by atoms with E-state index in [9.17, 15) is 4.79 Å². The highest BCUT2D eigenvalue weighted by atomic mass is 16.5. The molecule has 124 valence electrons. The van der Waals surface area contributed by atoms with Crippen molar-refractivity contribution in [1.29, 1.82) is 0 Å². The van der Waals surface area contributed by atoms with Crippen LogP contribution >= 0.6 is 0 Å². The van der Waals surface area contributed by atoms with Gasteiger partial charge in [-0.25, -0.2) is 4.79 Å². The van der Waals surface area contributed by atoms with E-state index in [0.717, 1.165) is 12.8 Å². The van der Waals surface area contributed by atoms with Crippen LogP contribution in [0.15, 0.2) is 24.3 Å². The molecule has 0 saturated carbocycles. The zero-order valence-corrected chi connectivity index (χ0v) is 14.0. The molecule has 0 aromatic heterocycles. The summed E-state index contributed by atoms with van der Waals surface area (Å²) in [7, 11) is 0. The second-order valence-electron chi connectivity index (χ2n) is 5.94. The lowest BCUT2D eigenvalue weighted by molar-refractivity contribution is 0.0497. The Labute approximate surface area is 135 Å². The summed E-state index contributed by atoms with van der Waals surface area (Å²) in [6.07, 6.45) is 12.8. The van der Waals surface area contributed by atoms with Crippen molar-refractivity contribution in [1.82, 2.24) is 0 Å². The summed E-state index contributed by atoms with van der Waals surface area (Å²) >= 11 is 0. The maximum absolute atomic E-state index is 11.8. The quantitative estimate of drug-likeness (QED) is 0.322. The highest BCUT2D eigenvalue weighted by Gasteiger charge is 2.05. The smallest absolute Gasteiger partial charge is 0.338 e. The monoisotopic (exact) mass is 305 g/mol. The second-order valence-corrected chi connectivity index (χ2v) is 5.94.